The van der Waals surface area contributed by atoms with Crippen molar-refractivity contribution < 1.29 is 0 Å². The molecule has 0 bridgehead atoms. The summed E-state index contributed by atoms with van der Waals surface area (Å²) in [4.78, 5) is 0. The van der Waals surface area contributed by atoms with Crippen LogP contribution in [-0.2, 0) is 16.2 Å². The largest absolute Gasteiger partial charge is 0.351 e. The monoisotopic (exact) mass is 383 g/mol. The second-order valence-corrected chi connectivity index (χ2v) is 14.4. The first-order chi connectivity index (χ1) is 10.8. The Kier molecular flexibility index (Phi) is 6.42. The van der Waals surface area contributed by atoms with Crippen molar-refractivity contribution in [2.75, 3.05) is 5.09 Å². The van der Waals surface area contributed by atoms with Crippen molar-refractivity contribution >= 4 is 24.4 Å². The molecular formula is C22H39ClNP. The maximum absolute atomic E-state index is 6.82. The Labute approximate surface area is 162 Å². The fraction of sp³-hybridized carbons (Fsp3) is 0.727. The molecule has 0 amide bonds. The molecule has 0 spiro atoms. The van der Waals surface area contributed by atoms with Crippen molar-refractivity contribution in [1.82, 2.24) is 0 Å². The molecule has 3 heteroatoms. The summed E-state index contributed by atoms with van der Waals surface area (Å²) in [7, 11) is -0.840. The highest BCUT2D eigenvalue weighted by molar-refractivity contribution is 7.86. The van der Waals surface area contributed by atoms with Gasteiger partial charge in [-0.15, -0.1) is 0 Å². The van der Waals surface area contributed by atoms with Gasteiger partial charge in [-0.25, -0.2) is 0 Å². The molecule has 1 nitrogen and oxygen atoms in total. The summed E-state index contributed by atoms with van der Waals surface area (Å²) in [5.41, 5.74) is 5.58. The molecule has 144 valence electrons. The molecule has 1 atom stereocenters. The zero-order valence-corrected chi connectivity index (χ0v) is 20.1. The second kappa shape index (κ2) is 7.05. The molecule has 1 N–H and O–H groups in total. The van der Waals surface area contributed by atoms with Gasteiger partial charge in [0.25, 0.3) is 0 Å². The van der Waals surface area contributed by atoms with Gasteiger partial charge in [-0.3, -0.25) is 0 Å². The summed E-state index contributed by atoms with van der Waals surface area (Å²) in [5.74, 6) is 0. The molecule has 1 rings (SSSR count). The van der Waals surface area contributed by atoms with E-state index in [1.54, 1.807) is 0 Å². The Morgan fingerprint density at radius 3 is 1.28 bits per heavy atom. The third kappa shape index (κ3) is 5.86. The highest BCUT2D eigenvalue weighted by Gasteiger charge is 2.32. The van der Waals surface area contributed by atoms with E-state index >= 15 is 0 Å². The second-order valence-electron chi connectivity index (χ2n) is 11.3. The van der Waals surface area contributed by atoms with Gasteiger partial charge < -0.3 is 5.09 Å². The van der Waals surface area contributed by atoms with Crippen LogP contribution in [0.2, 0.25) is 0 Å². The van der Waals surface area contributed by atoms with E-state index in [1.807, 2.05) is 0 Å². The van der Waals surface area contributed by atoms with Crippen LogP contribution in [0.1, 0.15) is 99.8 Å². The van der Waals surface area contributed by atoms with Gasteiger partial charge in [0.1, 0.15) is 0 Å². The lowest BCUT2D eigenvalue weighted by Gasteiger charge is -2.36. The number of nitrogens with one attached hydrogen (secondary N) is 1. The topological polar surface area (TPSA) is 12.0 Å². The molecular weight excluding hydrogens is 345 g/mol. The first-order valence-electron chi connectivity index (χ1n) is 9.27. The van der Waals surface area contributed by atoms with E-state index in [1.165, 1.54) is 22.4 Å². The number of halogens is 1. The highest BCUT2D eigenvalue weighted by atomic mass is 35.7. The summed E-state index contributed by atoms with van der Waals surface area (Å²) >= 11 is 6.82. The maximum atomic E-state index is 6.82. The predicted octanol–water partition coefficient (Wildman–Crippen LogP) is 8.34. The highest BCUT2D eigenvalue weighted by Crippen LogP contribution is 2.56. The standard InChI is InChI=1S/C22H39ClNP/c1-19(2,3)15-13-16(20(4,5)6)18(17(14-15)21(7,8)9)24-25(23)22(10,11)12/h13-14,24H,1-12H3. The van der Waals surface area contributed by atoms with Crippen molar-refractivity contribution in [2.24, 2.45) is 0 Å². The van der Waals surface area contributed by atoms with Crippen molar-refractivity contribution in [1.29, 1.82) is 0 Å². The average Bonchev–Trinajstić information content (AvgIpc) is 2.33. The molecule has 0 aliphatic rings. The lowest BCUT2D eigenvalue weighted by Crippen LogP contribution is -2.24. The van der Waals surface area contributed by atoms with Gasteiger partial charge in [-0.2, -0.15) is 0 Å². The Bertz CT molecular complexity index is 572. The Morgan fingerprint density at radius 2 is 1.04 bits per heavy atom. The van der Waals surface area contributed by atoms with Crippen molar-refractivity contribution in [2.45, 2.75) is 104 Å². The van der Waals surface area contributed by atoms with E-state index < -0.39 is 7.43 Å². The maximum Gasteiger partial charge on any atom is 0.0919 e. The zero-order valence-electron chi connectivity index (χ0n) is 18.5. The van der Waals surface area contributed by atoms with Gasteiger partial charge in [0, 0.05) is 10.8 Å². The van der Waals surface area contributed by atoms with Crippen LogP contribution < -0.4 is 5.09 Å². The van der Waals surface area contributed by atoms with E-state index in [4.69, 9.17) is 11.2 Å². The predicted molar refractivity (Wildman–Crippen MR) is 119 cm³/mol. The molecule has 0 heterocycles. The lowest BCUT2D eigenvalue weighted by molar-refractivity contribution is 0.551. The van der Waals surface area contributed by atoms with Gasteiger partial charge in [0.2, 0.25) is 0 Å². The molecule has 0 aromatic heterocycles. The fourth-order valence-electron chi connectivity index (χ4n) is 2.64. The molecule has 1 aromatic rings. The van der Waals surface area contributed by atoms with Crippen LogP contribution in [0.25, 0.3) is 0 Å². The first-order valence-corrected chi connectivity index (χ1v) is 11.5. The van der Waals surface area contributed by atoms with Crippen LogP contribution in [0.3, 0.4) is 0 Å². The van der Waals surface area contributed by atoms with Gasteiger partial charge in [-0.05, 0) is 32.9 Å². The molecule has 0 fully saturated rings. The normalized spacial score (nSPS) is 15.2. The summed E-state index contributed by atoms with van der Waals surface area (Å²) < 4.78 is 0. The zero-order chi connectivity index (χ0) is 20.0. The smallest absolute Gasteiger partial charge is 0.0919 e. The quantitative estimate of drug-likeness (QED) is 0.506. The Balaban J connectivity index is 3.77. The Hall–Kier alpha value is -0.260. The average molecular weight is 384 g/mol. The van der Waals surface area contributed by atoms with Crippen molar-refractivity contribution in [3.05, 3.63) is 28.8 Å². The van der Waals surface area contributed by atoms with Crippen molar-refractivity contribution in [3.63, 3.8) is 0 Å². The lowest BCUT2D eigenvalue weighted by atomic mass is 9.74. The van der Waals surface area contributed by atoms with Crippen molar-refractivity contribution in [3.8, 4) is 0 Å². The minimum Gasteiger partial charge on any atom is -0.351 e. The molecule has 1 aromatic carbocycles. The van der Waals surface area contributed by atoms with Crippen LogP contribution in [0.5, 0.6) is 0 Å². The molecule has 25 heavy (non-hydrogen) atoms. The van der Waals surface area contributed by atoms with Crippen LogP contribution >= 0.6 is 18.7 Å². The van der Waals surface area contributed by atoms with Gasteiger partial charge in [-0.1, -0.05) is 106 Å². The number of anilines is 1. The minimum absolute atomic E-state index is 0.0455. The number of benzene rings is 1. The molecule has 1 unspecified atom stereocenters. The summed E-state index contributed by atoms with van der Waals surface area (Å²) in [6.07, 6.45) is 0. The van der Waals surface area contributed by atoms with E-state index in [9.17, 15) is 0 Å². The SMILES string of the molecule is CC(C)(C)c1cc(C(C)(C)C)c(NP(Cl)C(C)(C)C)c(C(C)(C)C)c1. The third-order valence-electron chi connectivity index (χ3n) is 4.42. The van der Waals surface area contributed by atoms with E-state index in [0.717, 1.165) is 0 Å². The Morgan fingerprint density at radius 1 is 0.680 bits per heavy atom. The number of hydrogen-bond acceptors (Lipinski definition) is 1. The summed E-state index contributed by atoms with van der Waals surface area (Å²) in [6, 6.07) is 4.78. The van der Waals surface area contributed by atoms with E-state index in [0.29, 0.717) is 0 Å². The van der Waals surface area contributed by atoms with Gasteiger partial charge in [0.05, 0.1) is 7.43 Å². The van der Waals surface area contributed by atoms with Gasteiger partial charge in [0.15, 0.2) is 0 Å². The van der Waals surface area contributed by atoms with Crippen LogP contribution in [0, 0.1) is 0 Å². The first kappa shape index (κ1) is 22.8. The van der Waals surface area contributed by atoms with Crippen LogP contribution in [0.4, 0.5) is 5.69 Å². The molecule has 0 saturated carbocycles. The van der Waals surface area contributed by atoms with E-state index in [-0.39, 0.29) is 21.4 Å². The molecule has 0 aliphatic heterocycles. The van der Waals surface area contributed by atoms with Gasteiger partial charge >= 0.3 is 0 Å². The molecule has 0 saturated heterocycles. The fourth-order valence-corrected chi connectivity index (χ4v) is 3.67. The van der Waals surface area contributed by atoms with Crippen LogP contribution in [-0.4, -0.2) is 5.16 Å². The van der Waals surface area contributed by atoms with E-state index in [2.05, 4.69) is 100 Å². The molecule has 0 radical (unpaired) electrons. The summed E-state index contributed by atoms with van der Waals surface area (Å²) in [6.45, 7) is 27.2. The third-order valence-corrected chi connectivity index (χ3v) is 7.79. The molecule has 0 aliphatic carbocycles. The minimum atomic E-state index is -0.840. The number of rotatable bonds is 2. The number of hydrogen-bond donors (Lipinski definition) is 1. The van der Waals surface area contributed by atoms with Crippen LogP contribution in [0.15, 0.2) is 12.1 Å². The summed E-state index contributed by atoms with van der Waals surface area (Å²) in [5, 5.41) is 3.79.